The Balaban J connectivity index is 1.80. The highest BCUT2D eigenvalue weighted by atomic mass is 35.5. The molecule has 0 aliphatic heterocycles. The van der Waals surface area contributed by atoms with Crippen molar-refractivity contribution >= 4 is 23.6 Å². The van der Waals surface area contributed by atoms with Gasteiger partial charge in [0.25, 0.3) is 0 Å². The van der Waals surface area contributed by atoms with Gasteiger partial charge in [-0.15, -0.1) is 0 Å². The molecule has 0 saturated carbocycles. The average Bonchev–Trinajstić information content (AvgIpc) is 3.15. The number of carbonyl (C=O) groups excluding carboxylic acids is 1. The molecule has 0 aliphatic rings. The molecule has 0 aliphatic carbocycles. The van der Waals surface area contributed by atoms with Gasteiger partial charge in [0.05, 0.1) is 16.9 Å². The molecule has 2 aromatic rings. The molecular formula is C16H19ClF3N5O. The van der Waals surface area contributed by atoms with E-state index in [-0.39, 0.29) is 18.1 Å². The van der Waals surface area contributed by atoms with E-state index in [0.717, 1.165) is 12.1 Å². The lowest BCUT2D eigenvalue weighted by Gasteiger charge is -2.05. The van der Waals surface area contributed by atoms with Gasteiger partial charge in [0.2, 0.25) is 5.91 Å². The predicted molar refractivity (Wildman–Crippen MR) is 91.5 cm³/mol. The van der Waals surface area contributed by atoms with Crippen molar-refractivity contribution in [2.45, 2.75) is 39.5 Å². The minimum atomic E-state index is -4.59. The van der Waals surface area contributed by atoms with E-state index in [9.17, 15) is 18.0 Å². The molecule has 142 valence electrons. The molecule has 0 unspecified atom stereocenters. The predicted octanol–water partition coefficient (Wildman–Crippen LogP) is 3.30. The van der Waals surface area contributed by atoms with Crippen LogP contribution >= 0.6 is 11.6 Å². The van der Waals surface area contributed by atoms with Crippen LogP contribution in [-0.4, -0.2) is 32.0 Å². The van der Waals surface area contributed by atoms with Gasteiger partial charge >= 0.3 is 6.18 Å². The maximum absolute atomic E-state index is 12.8. The third-order valence-electron chi connectivity index (χ3n) is 3.65. The van der Waals surface area contributed by atoms with Crippen molar-refractivity contribution in [3.63, 3.8) is 0 Å². The van der Waals surface area contributed by atoms with Crippen LogP contribution in [0.3, 0.4) is 0 Å². The molecule has 0 atom stereocenters. The lowest BCUT2D eigenvalue weighted by Crippen LogP contribution is -2.23. The highest BCUT2D eigenvalue weighted by Crippen LogP contribution is 2.35. The summed E-state index contributed by atoms with van der Waals surface area (Å²) in [7, 11) is 0. The van der Waals surface area contributed by atoms with E-state index < -0.39 is 16.9 Å². The molecule has 2 heterocycles. The van der Waals surface area contributed by atoms with E-state index in [1.165, 1.54) is 17.7 Å². The number of rotatable bonds is 7. The monoisotopic (exact) mass is 389 g/mol. The van der Waals surface area contributed by atoms with Crippen LogP contribution in [0.1, 0.15) is 30.3 Å². The summed E-state index contributed by atoms with van der Waals surface area (Å²) in [5.74, 6) is -0.291. The Bertz CT molecular complexity index is 794. The van der Waals surface area contributed by atoms with Crippen molar-refractivity contribution < 1.29 is 18.0 Å². The van der Waals surface area contributed by atoms with Crippen LogP contribution in [0.25, 0.3) is 6.08 Å². The van der Waals surface area contributed by atoms with Gasteiger partial charge in [-0.1, -0.05) is 11.6 Å². The Labute approximate surface area is 153 Å². The van der Waals surface area contributed by atoms with E-state index in [2.05, 4.69) is 15.5 Å². The van der Waals surface area contributed by atoms with Gasteiger partial charge in [-0.25, -0.2) is 0 Å². The number of hydrogen-bond donors (Lipinski definition) is 1. The van der Waals surface area contributed by atoms with Gasteiger partial charge < -0.3 is 5.32 Å². The number of aromatic nitrogens is 4. The first-order valence-electron chi connectivity index (χ1n) is 8.00. The maximum atomic E-state index is 12.8. The summed E-state index contributed by atoms with van der Waals surface area (Å²) in [6, 6.07) is 0. The molecule has 1 amide bonds. The molecule has 0 bridgehead atoms. The van der Waals surface area contributed by atoms with Crippen molar-refractivity contribution in [3.8, 4) is 0 Å². The van der Waals surface area contributed by atoms with E-state index in [4.69, 9.17) is 11.6 Å². The van der Waals surface area contributed by atoms with Crippen LogP contribution in [0, 0.1) is 6.92 Å². The fraction of sp³-hybridized carbons (Fsp3) is 0.438. The molecule has 0 saturated heterocycles. The summed E-state index contributed by atoms with van der Waals surface area (Å²) in [4.78, 5) is 11.7. The molecule has 0 fully saturated rings. The Morgan fingerprint density at radius 2 is 2.15 bits per heavy atom. The van der Waals surface area contributed by atoms with Gasteiger partial charge in [0.1, 0.15) is 0 Å². The van der Waals surface area contributed by atoms with Gasteiger partial charge in [-0.3, -0.25) is 14.2 Å². The van der Waals surface area contributed by atoms with Crippen LogP contribution in [0.2, 0.25) is 5.02 Å². The zero-order chi connectivity index (χ0) is 19.3. The van der Waals surface area contributed by atoms with E-state index in [0.29, 0.717) is 13.0 Å². The molecule has 26 heavy (non-hydrogen) atoms. The molecule has 0 aromatic carbocycles. The van der Waals surface area contributed by atoms with E-state index >= 15 is 0 Å². The molecule has 1 N–H and O–H groups in total. The third-order valence-corrected chi connectivity index (χ3v) is 4.10. The third kappa shape index (κ3) is 5.10. The Hall–Kier alpha value is -2.29. The topological polar surface area (TPSA) is 64.7 Å². The molecular weight excluding hydrogens is 371 g/mol. The van der Waals surface area contributed by atoms with Crippen LogP contribution in [-0.2, 0) is 24.1 Å². The number of aryl methyl sites for hydroxylation is 2. The summed E-state index contributed by atoms with van der Waals surface area (Å²) in [6.45, 7) is 4.69. The number of alkyl halides is 3. The SMILES string of the molecule is CCn1cc(/C=C/C(=O)NCCCn2nc(C(F)(F)F)c(Cl)c2C)cn1. The first-order chi connectivity index (χ1) is 12.2. The second-order valence-electron chi connectivity index (χ2n) is 5.58. The quantitative estimate of drug-likeness (QED) is 0.583. The Morgan fingerprint density at radius 1 is 1.42 bits per heavy atom. The van der Waals surface area contributed by atoms with Crippen LogP contribution < -0.4 is 5.32 Å². The number of amides is 1. The zero-order valence-corrected chi connectivity index (χ0v) is 15.1. The molecule has 10 heteroatoms. The largest absolute Gasteiger partial charge is 0.436 e. The van der Waals surface area contributed by atoms with Crippen molar-refractivity contribution in [2.24, 2.45) is 0 Å². The Kier molecular flexibility index (Phi) is 6.47. The first kappa shape index (κ1) is 20.0. The van der Waals surface area contributed by atoms with Crippen molar-refractivity contribution in [1.82, 2.24) is 24.9 Å². The second-order valence-corrected chi connectivity index (χ2v) is 5.95. The molecule has 2 rings (SSSR count). The van der Waals surface area contributed by atoms with E-state index in [1.54, 1.807) is 17.0 Å². The lowest BCUT2D eigenvalue weighted by atomic mass is 10.3. The smallest absolute Gasteiger partial charge is 0.352 e. The molecule has 2 aromatic heterocycles. The number of hydrogen-bond acceptors (Lipinski definition) is 3. The molecule has 0 spiro atoms. The maximum Gasteiger partial charge on any atom is 0.436 e. The second kappa shape index (κ2) is 8.39. The first-order valence-corrected chi connectivity index (χ1v) is 8.38. The summed E-state index contributed by atoms with van der Waals surface area (Å²) in [5, 5.41) is 9.87. The summed E-state index contributed by atoms with van der Waals surface area (Å²) in [6.07, 6.45) is 2.32. The van der Waals surface area contributed by atoms with Crippen molar-refractivity contribution in [2.75, 3.05) is 6.54 Å². The number of carbonyl (C=O) groups is 1. The minimum absolute atomic E-state index is 0.217. The summed E-state index contributed by atoms with van der Waals surface area (Å²) < 4.78 is 41.2. The van der Waals surface area contributed by atoms with Crippen LogP contribution in [0.5, 0.6) is 0 Å². The average molecular weight is 390 g/mol. The lowest BCUT2D eigenvalue weighted by molar-refractivity contribution is -0.141. The molecule has 6 nitrogen and oxygen atoms in total. The number of halogens is 4. The fourth-order valence-corrected chi connectivity index (χ4v) is 2.48. The van der Waals surface area contributed by atoms with Crippen molar-refractivity contribution in [1.29, 1.82) is 0 Å². The van der Waals surface area contributed by atoms with Crippen LogP contribution in [0.4, 0.5) is 13.2 Å². The van der Waals surface area contributed by atoms with Gasteiger partial charge in [-0.2, -0.15) is 23.4 Å². The minimum Gasteiger partial charge on any atom is -0.352 e. The van der Waals surface area contributed by atoms with Gasteiger partial charge in [-0.05, 0) is 26.3 Å². The van der Waals surface area contributed by atoms with E-state index in [1.807, 2.05) is 13.1 Å². The summed E-state index contributed by atoms with van der Waals surface area (Å²) in [5.41, 5.74) is -0.0297. The fourth-order valence-electron chi connectivity index (χ4n) is 2.23. The normalized spacial score (nSPS) is 12.1. The standard InChI is InChI=1S/C16H19ClF3N5O/c1-3-24-10-12(9-22-24)5-6-13(26)21-7-4-8-25-11(2)14(17)15(23-25)16(18,19)20/h5-6,9-10H,3-4,7-8H2,1-2H3,(H,21,26)/b6-5+. The zero-order valence-electron chi connectivity index (χ0n) is 14.3. The number of nitrogens with one attached hydrogen (secondary N) is 1. The molecule has 0 radical (unpaired) electrons. The highest BCUT2D eigenvalue weighted by Gasteiger charge is 2.38. The highest BCUT2D eigenvalue weighted by molar-refractivity contribution is 6.31. The number of nitrogens with zero attached hydrogens (tertiary/aromatic N) is 4. The van der Waals surface area contributed by atoms with Gasteiger partial charge in [0.15, 0.2) is 5.69 Å². The summed E-state index contributed by atoms with van der Waals surface area (Å²) >= 11 is 5.68. The van der Waals surface area contributed by atoms with Crippen LogP contribution in [0.15, 0.2) is 18.5 Å². The Morgan fingerprint density at radius 3 is 2.73 bits per heavy atom. The van der Waals surface area contributed by atoms with Crippen molar-refractivity contribution in [3.05, 3.63) is 40.4 Å². The van der Waals surface area contributed by atoms with Gasteiger partial charge in [0, 0.05) is 37.5 Å².